The number of nitrogens with zero attached hydrogens (tertiary/aromatic N) is 4. The fourth-order valence-corrected chi connectivity index (χ4v) is 4.72. The molecule has 2 aromatic heterocycles. The van der Waals surface area contributed by atoms with Crippen LogP contribution in [0.15, 0.2) is 29.3 Å². The Morgan fingerprint density at radius 1 is 1.27 bits per heavy atom. The highest BCUT2D eigenvalue weighted by Crippen LogP contribution is 2.30. The quantitative estimate of drug-likeness (QED) is 0.286. The lowest BCUT2D eigenvalue weighted by molar-refractivity contribution is -0.138. The van der Waals surface area contributed by atoms with E-state index in [2.05, 4.69) is 10.3 Å². The highest BCUT2D eigenvalue weighted by atomic mass is 19.4. The standard InChI is InChI=1S/C25H31F4N7O4/c1-34-12-14(25(27,28)29)9-19(23(34)37)33-24(38)35(2)20-3-6-36(13-18(20)26)15-10-17(21(30)32-11-15)22(31)40-16-4-7-39-8-5-16/h9-12,16,18,20,31H,3-8,13H2,1-2H3,(H2,30,32)(H,33,38)/t18-,20+/m0/s1. The van der Waals surface area contributed by atoms with Gasteiger partial charge in [-0.05, 0) is 18.6 Å². The summed E-state index contributed by atoms with van der Waals surface area (Å²) in [5.74, 6) is -0.0350. The average molecular weight is 570 g/mol. The Bertz CT molecular complexity index is 1310. The summed E-state index contributed by atoms with van der Waals surface area (Å²) >= 11 is 0. The lowest BCUT2D eigenvalue weighted by atomic mass is 10.0. The Morgan fingerprint density at radius 2 is 1.98 bits per heavy atom. The second kappa shape index (κ2) is 11.7. The third-order valence-corrected chi connectivity index (χ3v) is 7.04. The van der Waals surface area contributed by atoms with Gasteiger partial charge in [-0.3, -0.25) is 10.2 Å². The minimum absolute atomic E-state index is 0.102. The number of amides is 2. The van der Waals surface area contributed by atoms with Crippen molar-refractivity contribution >= 4 is 29.1 Å². The molecule has 15 heteroatoms. The molecular weight excluding hydrogens is 538 g/mol. The van der Waals surface area contributed by atoms with Crippen LogP contribution in [0.25, 0.3) is 0 Å². The van der Waals surface area contributed by atoms with Crippen molar-refractivity contribution in [2.45, 2.75) is 43.8 Å². The molecule has 0 saturated carbocycles. The van der Waals surface area contributed by atoms with Crippen LogP contribution in [0.3, 0.4) is 0 Å². The summed E-state index contributed by atoms with van der Waals surface area (Å²) in [4.78, 5) is 32.0. The Balaban J connectivity index is 1.41. The summed E-state index contributed by atoms with van der Waals surface area (Å²) in [5, 5.41) is 10.5. The molecule has 2 aliphatic heterocycles. The molecule has 2 aromatic rings. The van der Waals surface area contributed by atoms with Crippen LogP contribution >= 0.6 is 0 Å². The Hall–Kier alpha value is -3.88. The van der Waals surface area contributed by atoms with E-state index in [1.54, 1.807) is 11.0 Å². The van der Waals surface area contributed by atoms with E-state index in [9.17, 15) is 22.8 Å². The zero-order valence-electron chi connectivity index (χ0n) is 22.0. The molecule has 4 heterocycles. The van der Waals surface area contributed by atoms with Crippen molar-refractivity contribution in [2.24, 2.45) is 7.05 Å². The normalized spacial score (nSPS) is 20.2. The van der Waals surface area contributed by atoms with Gasteiger partial charge in [0.15, 0.2) is 0 Å². The van der Waals surface area contributed by atoms with Gasteiger partial charge >= 0.3 is 12.2 Å². The molecule has 0 radical (unpaired) electrons. The molecule has 2 aliphatic rings. The Kier molecular flexibility index (Phi) is 8.51. The van der Waals surface area contributed by atoms with E-state index in [-0.39, 0.29) is 36.3 Å². The monoisotopic (exact) mass is 569 g/mol. The van der Waals surface area contributed by atoms with E-state index in [0.29, 0.717) is 50.6 Å². The van der Waals surface area contributed by atoms with Gasteiger partial charge in [-0.25, -0.2) is 14.2 Å². The number of carbonyl (C=O) groups is 1. The number of nitrogens with two attached hydrogens (primary N) is 1. The third kappa shape index (κ3) is 6.46. The summed E-state index contributed by atoms with van der Waals surface area (Å²) < 4.78 is 66.6. The predicted octanol–water partition coefficient (Wildman–Crippen LogP) is 2.98. The number of piperidine rings is 1. The first-order valence-electron chi connectivity index (χ1n) is 12.6. The molecule has 11 nitrogen and oxygen atoms in total. The number of aromatic nitrogens is 2. The number of carbonyl (C=O) groups excluding carboxylic acids is 1. The molecule has 2 saturated heterocycles. The largest absolute Gasteiger partial charge is 0.474 e. The van der Waals surface area contributed by atoms with Gasteiger partial charge in [0.2, 0.25) is 5.90 Å². The summed E-state index contributed by atoms with van der Waals surface area (Å²) in [6.07, 6.45) is -2.85. The molecule has 218 valence electrons. The van der Waals surface area contributed by atoms with E-state index in [4.69, 9.17) is 20.6 Å². The maximum Gasteiger partial charge on any atom is 0.417 e. The Labute approximate surface area is 227 Å². The maximum atomic E-state index is 15.3. The van der Waals surface area contributed by atoms with Crippen LogP contribution in [-0.4, -0.2) is 78.0 Å². The van der Waals surface area contributed by atoms with Gasteiger partial charge < -0.3 is 34.9 Å². The smallest absolute Gasteiger partial charge is 0.417 e. The first-order valence-corrected chi connectivity index (χ1v) is 12.6. The van der Waals surface area contributed by atoms with E-state index < -0.39 is 41.2 Å². The number of nitrogens with one attached hydrogen (secondary N) is 2. The fraction of sp³-hybridized carbons (Fsp3) is 0.520. The number of hydrogen-bond acceptors (Lipinski definition) is 8. The summed E-state index contributed by atoms with van der Waals surface area (Å²) in [7, 11) is 2.46. The molecule has 2 amide bonds. The number of hydrogen-bond donors (Lipinski definition) is 3. The minimum Gasteiger partial charge on any atom is -0.474 e. The van der Waals surface area contributed by atoms with Crippen molar-refractivity contribution in [3.63, 3.8) is 0 Å². The van der Waals surface area contributed by atoms with E-state index in [1.807, 2.05) is 0 Å². The third-order valence-electron chi connectivity index (χ3n) is 7.04. The second-order valence-corrected chi connectivity index (χ2v) is 9.80. The number of urea groups is 1. The summed E-state index contributed by atoms with van der Waals surface area (Å²) in [6.45, 7) is 1.28. The molecule has 4 rings (SSSR count). The van der Waals surface area contributed by atoms with Gasteiger partial charge in [-0.1, -0.05) is 0 Å². The summed E-state index contributed by atoms with van der Waals surface area (Å²) in [5.41, 5.74) is 4.27. The van der Waals surface area contributed by atoms with Gasteiger partial charge in [0.25, 0.3) is 5.56 Å². The van der Waals surface area contributed by atoms with E-state index in [0.717, 1.165) is 16.5 Å². The molecule has 2 atom stereocenters. The van der Waals surface area contributed by atoms with Crippen molar-refractivity contribution in [3.05, 3.63) is 46.0 Å². The van der Waals surface area contributed by atoms with Gasteiger partial charge in [0.05, 0.1) is 48.8 Å². The minimum atomic E-state index is -4.72. The highest BCUT2D eigenvalue weighted by molar-refractivity contribution is 5.97. The maximum absolute atomic E-state index is 15.3. The van der Waals surface area contributed by atoms with Crippen LogP contribution < -0.4 is 21.5 Å². The zero-order chi connectivity index (χ0) is 29.2. The first-order chi connectivity index (χ1) is 18.8. The summed E-state index contributed by atoms with van der Waals surface area (Å²) in [6, 6.07) is 0.352. The van der Waals surface area contributed by atoms with Crippen molar-refractivity contribution in [2.75, 3.05) is 49.3 Å². The van der Waals surface area contributed by atoms with Crippen LogP contribution in [0.4, 0.5) is 39.5 Å². The number of halogens is 4. The number of rotatable bonds is 5. The number of alkyl halides is 4. The highest BCUT2D eigenvalue weighted by Gasteiger charge is 2.36. The lowest BCUT2D eigenvalue weighted by Gasteiger charge is -2.40. The van der Waals surface area contributed by atoms with Gasteiger partial charge in [-0.15, -0.1) is 0 Å². The number of ether oxygens (including phenoxy) is 2. The van der Waals surface area contributed by atoms with Crippen LogP contribution in [0.1, 0.15) is 30.4 Å². The van der Waals surface area contributed by atoms with E-state index in [1.165, 1.54) is 13.2 Å². The van der Waals surface area contributed by atoms with Crippen LogP contribution in [0.5, 0.6) is 0 Å². The molecule has 0 spiro atoms. The predicted molar refractivity (Wildman–Crippen MR) is 139 cm³/mol. The molecule has 0 aliphatic carbocycles. The number of nitrogen functional groups attached to an aromatic ring is 1. The molecule has 4 N–H and O–H groups in total. The van der Waals surface area contributed by atoms with Crippen LogP contribution in [0, 0.1) is 5.41 Å². The molecule has 0 unspecified atom stereocenters. The molecule has 2 fully saturated rings. The fourth-order valence-electron chi connectivity index (χ4n) is 4.72. The Morgan fingerprint density at radius 3 is 2.62 bits per heavy atom. The molecular formula is C25H31F4N7O4. The van der Waals surface area contributed by atoms with Crippen LogP contribution in [-0.2, 0) is 22.7 Å². The topological polar surface area (TPSA) is 139 Å². The van der Waals surface area contributed by atoms with E-state index >= 15 is 4.39 Å². The van der Waals surface area contributed by atoms with Gasteiger partial charge in [-0.2, -0.15) is 13.2 Å². The van der Waals surface area contributed by atoms with Gasteiger partial charge in [0.1, 0.15) is 23.8 Å². The first kappa shape index (κ1) is 29.1. The number of aryl methyl sites for hydroxylation is 1. The van der Waals surface area contributed by atoms with Crippen molar-refractivity contribution in [3.8, 4) is 0 Å². The molecule has 0 bridgehead atoms. The lowest BCUT2D eigenvalue weighted by Crippen LogP contribution is -2.54. The van der Waals surface area contributed by atoms with Gasteiger partial charge in [0, 0.05) is 39.7 Å². The molecule has 0 aromatic carbocycles. The number of pyridine rings is 2. The SMILES string of the molecule is CN(C(=O)Nc1cc(C(F)(F)F)cn(C)c1=O)[C@@H]1CCN(c2cnc(N)c(C(=N)OC3CCOCC3)c2)C[C@@H]1F. The van der Waals surface area contributed by atoms with Crippen molar-refractivity contribution in [1.29, 1.82) is 5.41 Å². The second-order valence-electron chi connectivity index (χ2n) is 9.80. The average Bonchev–Trinajstić information content (AvgIpc) is 2.90. The van der Waals surface area contributed by atoms with Crippen molar-refractivity contribution < 1.29 is 31.8 Å². The van der Waals surface area contributed by atoms with Crippen LogP contribution in [0.2, 0.25) is 0 Å². The van der Waals surface area contributed by atoms with Crippen molar-refractivity contribution in [1.82, 2.24) is 14.5 Å². The number of anilines is 3. The molecule has 40 heavy (non-hydrogen) atoms. The zero-order valence-corrected chi connectivity index (χ0v) is 22.0.